The number of terminal acetylenes is 1. The van der Waals surface area contributed by atoms with Crippen molar-refractivity contribution < 1.29 is 14.3 Å². The highest BCUT2D eigenvalue weighted by atomic mass is 16.6. The maximum Gasteiger partial charge on any atom is 0.409 e. The minimum Gasteiger partial charge on any atom is -0.481 e. The lowest BCUT2D eigenvalue weighted by molar-refractivity contribution is 0.106. The van der Waals surface area contributed by atoms with Crippen molar-refractivity contribution in [2.24, 2.45) is 0 Å². The lowest BCUT2D eigenvalue weighted by Crippen LogP contribution is -2.28. The maximum absolute atomic E-state index is 12.7. The Kier molecular flexibility index (Phi) is 5.72. The molecule has 0 spiro atoms. The fraction of sp³-hybridized carbons (Fsp3) is 0.192. The zero-order valence-corrected chi connectivity index (χ0v) is 16.9. The van der Waals surface area contributed by atoms with E-state index in [-0.39, 0.29) is 18.6 Å². The van der Waals surface area contributed by atoms with Crippen molar-refractivity contribution in [3.05, 3.63) is 89.5 Å². The summed E-state index contributed by atoms with van der Waals surface area (Å²) >= 11 is 0. The van der Waals surface area contributed by atoms with Gasteiger partial charge in [-0.3, -0.25) is 0 Å². The number of rotatable bonds is 6. The molecule has 4 rings (SSSR count). The standard InChI is InChI=1S/C26H23NO3/c1-3-16-29-25-15-9-4-10-19(25)17-27(2)26(28)30-18-24-22-13-7-5-11-20(22)21-12-6-8-14-23(21)24/h1,4-15,24H,16-18H2,2H3. The molecule has 0 saturated heterocycles. The summed E-state index contributed by atoms with van der Waals surface area (Å²) in [4.78, 5) is 14.2. The van der Waals surface area contributed by atoms with Gasteiger partial charge in [0.25, 0.3) is 0 Å². The van der Waals surface area contributed by atoms with Gasteiger partial charge in [-0.15, -0.1) is 6.42 Å². The first kappa shape index (κ1) is 19.6. The van der Waals surface area contributed by atoms with Crippen LogP contribution >= 0.6 is 0 Å². The molecule has 0 unspecified atom stereocenters. The van der Waals surface area contributed by atoms with Crippen LogP contribution in [0.4, 0.5) is 4.79 Å². The van der Waals surface area contributed by atoms with Gasteiger partial charge in [0.2, 0.25) is 0 Å². The molecule has 3 aromatic carbocycles. The first-order valence-corrected chi connectivity index (χ1v) is 9.89. The van der Waals surface area contributed by atoms with E-state index >= 15 is 0 Å². The number of para-hydroxylation sites is 1. The molecular weight excluding hydrogens is 374 g/mol. The van der Waals surface area contributed by atoms with E-state index in [1.54, 1.807) is 11.9 Å². The summed E-state index contributed by atoms with van der Waals surface area (Å²) < 4.78 is 11.3. The number of hydrogen-bond donors (Lipinski definition) is 0. The summed E-state index contributed by atoms with van der Waals surface area (Å²) in [7, 11) is 1.72. The van der Waals surface area contributed by atoms with Crippen LogP contribution in [0.5, 0.6) is 5.75 Å². The molecule has 1 amide bonds. The smallest absolute Gasteiger partial charge is 0.409 e. The third-order valence-electron chi connectivity index (χ3n) is 5.34. The average molecular weight is 397 g/mol. The third-order valence-corrected chi connectivity index (χ3v) is 5.34. The summed E-state index contributed by atoms with van der Waals surface area (Å²) in [5, 5.41) is 0. The molecule has 3 aromatic rings. The Bertz CT molecular complexity index is 1050. The number of amides is 1. The van der Waals surface area contributed by atoms with Gasteiger partial charge in [0.1, 0.15) is 19.0 Å². The topological polar surface area (TPSA) is 38.8 Å². The van der Waals surface area contributed by atoms with Crippen molar-refractivity contribution in [2.45, 2.75) is 12.5 Å². The molecule has 1 aliphatic carbocycles. The van der Waals surface area contributed by atoms with Crippen molar-refractivity contribution >= 4 is 6.09 Å². The minimum absolute atomic E-state index is 0.0426. The van der Waals surface area contributed by atoms with Crippen LogP contribution < -0.4 is 4.74 Å². The highest BCUT2D eigenvalue weighted by molar-refractivity contribution is 5.79. The van der Waals surface area contributed by atoms with E-state index in [9.17, 15) is 4.79 Å². The summed E-state index contributed by atoms with van der Waals surface area (Å²) in [6.45, 7) is 0.857. The molecule has 30 heavy (non-hydrogen) atoms. The second-order valence-electron chi connectivity index (χ2n) is 7.26. The zero-order chi connectivity index (χ0) is 20.9. The van der Waals surface area contributed by atoms with Gasteiger partial charge >= 0.3 is 6.09 Å². The van der Waals surface area contributed by atoms with Crippen LogP contribution in [-0.2, 0) is 11.3 Å². The molecule has 0 N–H and O–H groups in total. The molecule has 0 heterocycles. The molecule has 1 aliphatic rings. The number of carbonyl (C=O) groups is 1. The minimum atomic E-state index is -0.372. The van der Waals surface area contributed by atoms with Gasteiger partial charge in [-0.25, -0.2) is 4.79 Å². The number of ether oxygens (including phenoxy) is 2. The second-order valence-corrected chi connectivity index (χ2v) is 7.26. The number of carbonyl (C=O) groups excluding carboxylic acids is 1. The fourth-order valence-corrected chi connectivity index (χ4v) is 3.92. The molecule has 4 heteroatoms. The first-order chi connectivity index (χ1) is 14.7. The SMILES string of the molecule is C#CCOc1ccccc1CN(C)C(=O)OCC1c2ccccc2-c2ccccc21. The number of fused-ring (bicyclic) bond motifs is 3. The van der Waals surface area contributed by atoms with E-state index in [0.717, 1.165) is 5.56 Å². The van der Waals surface area contributed by atoms with E-state index in [0.29, 0.717) is 18.9 Å². The van der Waals surface area contributed by atoms with Crippen molar-refractivity contribution in [3.8, 4) is 29.2 Å². The highest BCUT2D eigenvalue weighted by Crippen LogP contribution is 2.44. The van der Waals surface area contributed by atoms with Crippen LogP contribution in [0.25, 0.3) is 11.1 Å². The summed E-state index contributed by atoms with van der Waals surface area (Å²) in [5.41, 5.74) is 5.69. The monoisotopic (exact) mass is 397 g/mol. The van der Waals surface area contributed by atoms with Gasteiger partial charge in [-0.05, 0) is 28.3 Å². The molecule has 0 bridgehead atoms. The normalized spacial score (nSPS) is 11.9. The van der Waals surface area contributed by atoms with Crippen LogP contribution in [0.2, 0.25) is 0 Å². The van der Waals surface area contributed by atoms with Crippen molar-refractivity contribution in [2.75, 3.05) is 20.3 Å². The van der Waals surface area contributed by atoms with Gasteiger partial charge in [-0.1, -0.05) is 72.7 Å². The number of benzene rings is 3. The average Bonchev–Trinajstić information content (AvgIpc) is 3.10. The predicted octanol–water partition coefficient (Wildman–Crippen LogP) is 5.08. The third kappa shape index (κ3) is 3.88. The first-order valence-electron chi connectivity index (χ1n) is 9.89. The van der Waals surface area contributed by atoms with E-state index in [2.05, 4.69) is 30.2 Å². The second kappa shape index (κ2) is 8.75. The summed E-state index contributed by atoms with van der Waals surface area (Å²) in [5.74, 6) is 3.18. The Morgan fingerprint density at radius 1 is 0.967 bits per heavy atom. The van der Waals surface area contributed by atoms with Gasteiger partial charge in [-0.2, -0.15) is 0 Å². The van der Waals surface area contributed by atoms with Crippen molar-refractivity contribution in [3.63, 3.8) is 0 Å². The lowest BCUT2D eigenvalue weighted by Gasteiger charge is -2.21. The van der Waals surface area contributed by atoms with Crippen molar-refractivity contribution in [1.29, 1.82) is 0 Å². The van der Waals surface area contributed by atoms with Crippen molar-refractivity contribution in [1.82, 2.24) is 4.90 Å². The Balaban J connectivity index is 1.44. The zero-order valence-electron chi connectivity index (χ0n) is 16.9. The Morgan fingerprint density at radius 2 is 1.57 bits per heavy atom. The molecular formula is C26H23NO3. The Labute approximate surface area is 177 Å². The molecule has 0 atom stereocenters. The molecule has 0 aromatic heterocycles. The van der Waals surface area contributed by atoms with E-state index < -0.39 is 0 Å². The molecule has 4 nitrogen and oxygen atoms in total. The van der Waals surface area contributed by atoms with E-state index in [1.807, 2.05) is 48.5 Å². The molecule has 0 radical (unpaired) electrons. The Hall–Kier alpha value is -3.71. The van der Waals surface area contributed by atoms with Crippen LogP contribution in [0.15, 0.2) is 72.8 Å². The summed E-state index contributed by atoms with van der Waals surface area (Å²) in [6, 6.07) is 24.1. The van der Waals surface area contributed by atoms with Gasteiger partial charge in [0.15, 0.2) is 0 Å². The maximum atomic E-state index is 12.7. The lowest BCUT2D eigenvalue weighted by atomic mass is 9.98. The van der Waals surface area contributed by atoms with Gasteiger partial charge in [0, 0.05) is 18.5 Å². The highest BCUT2D eigenvalue weighted by Gasteiger charge is 2.29. The number of hydrogen-bond acceptors (Lipinski definition) is 3. The largest absolute Gasteiger partial charge is 0.481 e. The number of nitrogens with zero attached hydrogens (tertiary/aromatic N) is 1. The van der Waals surface area contributed by atoms with E-state index in [1.165, 1.54) is 22.3 Å². The van der Waals surface area contributed by atoms with Crippen LogP contribution in [0, 0.1) is 12.3 Å². The molecule has 150 valence electrons. The molecule has 0 saturated carbocycles. The Morgan fingerprint density at radius 3 is 2.23 bits per heavy atom. The van der Waals surface area contributed by atoms with Crippen LogP contribution in [-0.4, -0.2) is 31.3 Å². The van der Waals surface area contributed by atoms with E-state index in [4.69, 9.17) is 15.9 Å². The summed E-state index contributed by atoms with van der Waals surface area (Å²) in [6.07, 6.45) is 4.91. The molecule has 0 fully saturated rings. The fourth-order valence-electron chi connectivity index (χ4n) is 3.92. The molecule has 0 aliphatic heterocycles. The van der Waals surface area contributed by atoms with Crippen LogP contribution in [0.3, 0.4) is 0 Å². The van der Waals surface area contributed by atoms with Crippen LogP contribution in [0.1, 0.15) is 22.6 Å². The van der Waals surface area contributed by atoms with Gasteiger partial charge in [0.05, 0.1) is 6.54 Å². The quantitative estimate of drug-likeness (QED) is 0.545. The van der Waals surface area contributed by atoms with Gasteiger partial charge < -0.3 is 14.4 Å². The predicted molar refractivity (Wildman–Crippen MR) is 117 cm³/mol.